The molecule has 0 aromatic rings. The van der Waals surface area contributed by atoms with Crippen molar-refractivity contribution in [2.75, 3.05) is 0 Å². The van der Waals surface area contributed by atoms with Gasteiger partial charge in [-0.3, -0.25) is 9.59 Å². The van der Waals surface area contributed by atoms with Crippen LogP contribution in [-0.2, 0) is 14.3 Å². The highest BCUT2D eigenvalue weighted by molar-refractivity contribution is 6.02. The van der Waals surface area contributed by atoms with Crippen molar-refractivity contribution in [3.05, 3.63) is 11.6 Å². The number of esters is 1. The predicted molar refractivity (Wildman–Crippen MR) is 95.4 cm³/mol. The molecule has 25 heavy (non-hydrogen) atoms. The number of carbonyl (C=O) groups is 2. The number of ketones is 1. The van der Waals surface area contributed by atoms with Crippen LogP contribution in [0.15, 0.2) is 11.6 Å². The fourth-order valence-corrected chi connectivity index (χ4v) is 6.71. The monoisotopic (exact) mass is 340 g/mol. The fourth-order valence-electron chi connectivity index (χ4n) is 6.71. The molecule has 0 saturated heterocycles. The van der Waals surface area contributed by atoms with E-state index in [1.807, 2.05) is 0 Å². The van der Waals surface area contributed by atoms with Gasteiger partial charge in [0.15, 0.2) is 0 Å². The summed E-state index contributed by atoms with van der Waals surface area (Å²) in [4.78, 5) is 24.3. The Kier molecular flexibility index (Phi) is 3.53. The Morgan fingerprint density at radius 1 is 1.24 bits per heavy atom. The number of hydrogen-bond acceptors (Lipinski definition) is 3. The molecule has 0 bridgehead atoms. The molecular weight excluding hydrogens is 312 g/mol. The SMILES string of the molecule is C#CC1(OC(C)=O)C[C@@]2(C)C(=CC1=O)CC[C@H]1[C@@H]3CC[C@@]3(C)CC[C@@H]12. The van der Waals surface area contributed by atoms with Crippen LogP contribution in [0.1, 0.15) is 65.7 Å². The topological polar surface area (TPSA) is 43.4 Å². The number of carbonyl (C=O) groups excluding carboxylic acids is 2. The van der Waals surface area contributed by atoms with E-state index >= 15 is 0 Å². The highest BCUT2D eigenvalue weighted by Gasteiger charge is 2.61. The van der Waals surface area contributed by atoms with Gasteiger partial charge < -0.3 is 4.74 Å². The lowest BCUT2D eigenvalue weighted by Crippen LogP contribution is -2.58. The minimum Gasteiger partial charge on any atom is -0.438 e. The van der Waals surface area contributed by atoms with Crippen molar-refractivity contribution in [2.45, 2.75) is 71.3 Å². The predicted octanol–water partition coefficient (Wildman–Crippen LogP) is 4.06. The number of ether oxygens (including phenoxy) is 1. The van der Waals surface area contributed by atoms with E-state index < -0.39 is 11.6 Å². The third kappa shape index (κ3) is 2.19. The summed E-state index contributed by atoms with van der Waals surface area (Å²) in [6.45, 7) is 6.05. The quantitative estimate of drug-likeness (QED) is 0.534. The van der Waals surface area contributed by atoms with Gasteiger partial charge in [-0.2, -0.15) is 0 Å². The van der Waals surface area contributed by atoms with Crippen molar-refractivity contribution in [1.29, 1.82) is 0 Å². The third-order valence-corrected chi connectivity index (χ3v) is 8.15. The largest absolute Gasteiger partial charge is 0.438 e. The molecule has 4 rings (SSSR count). The average molecular weight is 340 g/mol. The van der Waals surface area contributed by atoms with Crippen molar-refractivity contribution >= 4 is 11.8 Å². The van der Waals surface area contributed by atoms with Gasteiger partial charge in [0.25, 0.3) is 0 Å². The average Bonchev–Trinajstić information content (AvgIpc) is 2.52. The molecule has 3 nitrogen and oxygen atoms in total. The van der Waals surface area contributed by atoms with E-state index in [9.17, 15) is 9.59 Å². The Balaban J connectivity index is 1.72. The van der Waals surface area contributed by atoms with Crippen molar-refractivity contribution < 1.29 is 14.3 Å². The molecule has 0 heterocycles. The van der Waals surface area contributed by atoms with E-state index in [4.69, 9.17) is 11.2 Å². The number of terminal acetylenes is 1. The van der Waals surface area contributed by atoms with Gasteiger partial charge in [-0.05, 0) is 73.2 Å². The zero-order chi connectivity index (χ0) is 18.0. The number of allylic oxidation sites excluding steroid dienone is 1. The molecule has 4 aliphatic rings. The van der Waals surface area contributed by atoms with Crippen LogP contribution >= 0.6 is 0 Å². The van der Waals surface area contributed by atoms with E-state index in [0.717, 1.165) is 18.3 Å². The maximum atomic E-state index is 12.7. The third-order valence-electron chi connectivity index (χ3n) is 8.15. The first kappa shape index (κ1) is 16.9. The number of fused-ring (bicyclic) bond motifs is 5. The molecule has 1 unspecified atom stereocenters. The van der Waals surface area contributed by atoms with Crippen molar-refractivity contribution in [3.63, 3.8) is 0 Å². The molecule has 0 aromatic carbocycles. The number of hydrogen-bond donors (Lipinski definition) is 0. The van der Waals surface area contributed by atoms with Gasteiger partial charge in [0.2, 0.25) is 11.4 Å². The normalized spacial score (nSPS) is 48.0. The van der Waals surface area contributed by atoms with Crippen LogP contribution in [0.4, 0.5) is 0 Å². The summed E-state index contributed by atoms with van der Waals surface area (Å²) < 4.78 is 5.45. The molecule has 0 radical (unpaired) electrons. The Morgan fingerprint density at radius 3 is 2.52 bits per heavy atom. The summed E-state index contributed by atoms with van der Waals surface area (Å²) in [5, 5.41) is 0. The molecular formula is C22H28O3. The lowest BCUT2D eigenvalue weighted by Gasteiger charge is -2.63. The van der Waals surface area contributed by atoms with Crippen LogP contribution in [0.5, 0.6) is 0 Å². The zero-order valence-electron chi connectivity index (χ0n) is 15.6. The van der Waals surface area contributed by atoms with Crippen molar-refractivity contribution in [3.8, 4) is 12.3 Å². The van der Waals surface area contributed by atoms with Crippen LogP contribution in [0.2, 0.25) is 0 Å². The molecule has 0 spiro atoms. The highest BCUT2D eigenvalue weighted by Crippen LogP contribution is 2.67. The highest BCUT2D eigenvalue weighted by atomic mass is 16.6. The molecule has 4 aliphatic carbocycles. The van der Waals surface area contributed by atoms with E-state index in [1.165, 1.54) is 44.6 Å². The molecule has 0 aromatic heterocycles. The van der Waals surface area contributed by atoms with Gasteiger partial charge in [-0.1, -0.05) is 25.3 Å². The van der Waals surface area contributed by atoms with Crippen molar-refractivity contribution in [2.24, 2.45) is 28.6 Å². The van der Waals surface area contributed by atoms with Crippen LogP contribution < -0.4 is 0 Å². The molecule has 3 saturated carbocycles. The Bertz CT molecular complexity index is 713. The molecule has 0 aliphatic heterocycles. The summed E-state index contributed by atoms with van der Waals surface area (Å²) in [6.07, 6.45) is 15.2. The van der Waals surface area contributed by atoms with E-state index in [1.54, 1.807) is 6.08 Å². The maximum absolute atomic E-state index is 12.7. The second-order valence-electron chi connectivity index (χ2n) is 9.34. The summed E-state index contributed by atoms with van der Waals surface area (Å²) in [5.74, 6) is 3.94. The molecule has 0 amide bonds. The van der Waals surface area contributed by atoms with E-state index in [-0.39, 0.29) is 11.2 Å². The van der Waals surface area contributed by atoms with Gasteiger partial charge >= 0.3 is 5.97 Å². The van der Waals surface area contributed by atoms with Gasteiger partial charge in [0, 0.05) is 13.3 Å². The van der Waals surface area contributed by atoms with Crippen LogP contribution in [-0.4, -0.2) is 17.4 Å². The second kappa shape index (κ2) is 5.22. The summed E-state index contributed by atoms with van der Waals surface area (Å²) in [6, 6.07) is 0. The summed E-state index contributed by atoms with van der Waals surface area (Å²) in [7, 11) is 0. The number of rotatable bonds is 1. The second-order valence-corrected chi connectivity index (χ2v) is 9.34. The summed E-state index contributed by atoms with van der Waals surface area (Å²) >= 11 is 0. The lowest BCUT2D eigenvalue weighted by molar-refractivity contribution is -0.166. The molecule has 3 fully saturated rings. The van der Waals surface area contributed by atoms with Gasteiger partial charge in [0.05, 0.1) is 0 Å². The minimum atomic E-state index is -1.41. The van der Waals surface area contributed by atoms with Gasteiger partial charge in [-0.25, -0.2) is 0 Å². The smallest absolute Gasteiger partial charge is 0.304 e. The summed E-state index contributed by atoms with van der Waals surface area (Å²) in [5.41, 5.74) is 0.226. The van der Waals surface area contributed by atoms with E-state index in [2.05, 4.69) is 19.8 Å². The van der Waals surface area contributed by atoms with Crippen LogP contribution in [0.25, 0.3) is 0 Å². The molecule has 3 heteroatoms. The van der Waals surface area contributed by atoms with Crippen molar-refractivity contribution in [1.82, 2.24) is 0 Å². The standard InChI is InChI=1S/C22H28O3/c1-5-22(25-14(2)23)13-21(4)15(12-19(22)24)6-7-16-17-8-10-20(17,3)11-9-18(16)21/h1,12,16-18H,6-11,13H2,2-4H3/t16-,17-,18-,20-,21-,22?/m0/s1. The Hall–Kier alpha value is -1.56. The lowest BCUT2D eigenvalue weighted by atomic mass is 9.41. The van der Waals surface area contributed by atoms with Crippen LogP contribution in [0.3, 0.4) is 0 Å². The fraction of sp³-hybridized carbons (Fsp3) is 0.727. The first-order valence-electron chi connectivity index (χ1n) is 9.67. The molecule has 134 valence electrons. The van der Waals surface area contributed by atoms with Gasteiger partial charge in [0.1, 0.15) is 0 Å². The van der Waals surface area contributed by atoms with Crippen LogP contribution in [0, 0.1) is 40.9 Å². The van der Waals surface area contributed by atoms with E-state index in [0.29, 0.717) is 17.8 Å². The molecule has 6 atom stereocenters. The Morgan fingerprint density at radius 2 is 1.92 bits per heavy atom. The first-order chi connectivity index (χ1) is 11.7. The molecule has 0 N–H and O–H groups in total. The zero-order valence-corrected chi connectivity index (χ0v) is 15.6. The first-order valence-corrected chi connectivity index (χ1v) is 9.67. The Labute approximate surface area is 150 Å². The minimum absolute atomic E-state index is 0.129. The van der Waals surface area contributed by atoms with Gasteiger partial charge in [-0.15, -0.1) is 6.42 Å². The maximum Gasteiger partial charge on any atom is 0.304 e.